The fourth-order valence-electron chi connectivity index (χ4n) is 3.69. The fraction of sp³-hybridized carbons (Fsp3) is 0.765. The first-order valence-electron chi connectivity index (χ1n) is 8.13. The Labute approximate surface area is 130 Å². The van der Waals surface area contributed by atoms with Crippen LogP contribution >= 0.6 is 0 Å². The second kappa shape index (κ2) is 5.25. The summed E-state index contributed by atoms with van der Waals surface area (Å²) in [6.45, 7) is 5.70. The van der Waals surface area contributed by atoms with Crippen molar-refractivity contribution in [2.45, 2.75) is 82.4 Å². The van der Waals surface area contributed by atoms with Crippen molar-refractivity contribution in [2.75, 3.05) is 0 Å². The van der Waals surface area contributed by atoms with Crippen LogP contribution in [0.25, 0.3) is 0 Å². The molecular weight excluding hydrogens is 284 g/mol. The first-order valence-corrected chi connectivity index (χ1v) is 8.13. The lowest BCUT2D eigenvalue weighted by Gasteiger charge is -2.45. The molecule has 4 atom stereocenters. The standard InChI is InChI=1S/C17H24O5/c1-4-5-6-7-10-11(9-18)14-17(15(22-17)13(10)20)8-12(19)16(2,3)21-14/h9,12,14-15,19H,4-8H2,1-3H3. The van der Waals surface area contributed by atoms with Crippen molar-refractivity contribution in [3.8, 4) is 0 Å². The van der Waals surface area contributed by atoms with Gasteiger partial charge in [0, 0.05) is 17.6 Å². The number of aliphatic hydroxyl groups is 1. The zero-order valence-electron chi connectivity index (χ0n) is 13.4. The van der Waals surface area contributed by atoms with E-state index in [0.29, 0.717) is 24.0 Å². The third-order valence-electron chi connectivity index (χ3n) is 5.23. The maximum Gasteiger partial charge on any atom is 0.191 e. The summed E-state index contributed by atoms with van der Waals surface area (Å²) in [6, 6.07) is 0. The van der Waals surface area contributed by atoms with Gasteiger partial charge in [-0.2, -0.15) is 0 Å². The molecule has 1 N–H and O–H groups in total. The Kier molecular flexibility index (Phi) is 3.78. The molecule has 0 saturated carbocycles. The van der Waals surface area contributed by atoms with E-state index in [1.807, 2.05) is 0 Å². The minimum atomic E-state index is -0.823. The van der Waals surface area contributed by atoms with Crippen LogP contribution in [0.5, 0.6) is 0 Å². The number of carbonyl (C=O) groups is 2. The molecular formula is C17H24O5. The Morgan fingerprint density at radius 3 is 2.64 bits per heavy atom. The Hall–Kier alpha value is -1.04. The van der Waals surface area contributed by atoms with Gasteiger partial charge in [-0.3, -0.25) is 9.59 Å². The molecule has 122 valence electrons. The molecule has 5 nitrogen and oxygen atoms in total. The molecule has 2 heterocycles. The topological polar surface area (TPSA) is 76.1 Å². The summed E-state index contributed by atoms with van der Waals surface area (Å²) in [4.78, 5) is 24.2. The van der Waals surface area contributed by atoms with Crippen LogP contribution in [-0.2, 0) is 19.1 Å². The fourth-order valence-corrected chi connectivity index (χ4v) is 3.69. The molecule has 2 fully saturated rings. The zero-order valence-corrected chi connectivity index (χ0v) is 13.4. The monoisotopic (exact) mass is 308 g/mol. The first kappa shape index (κ1) is 15.8. The van der Waals surface area contributed by atoms with E-state index in [4.69, 9.17) is 9.47 Å². The van der Waals surface area contributed by atoms with Crippen LogP contribution in [0.4, 0.5) is 0 Å². The molecule has 3 aliphatic rings. The van der Waals surface area contributed by atoms with Gasteiger partial charge in [-0.15, -0.1) is 0 Å². The molecule has 0 bridgehead atoms. The van der Waals surface area contributed by atoms with E-state index >= 15 is 0 Å². The average Bonchev–Trinajstić information content (AvgIpc) is 3.18. The summed E-state index contributed by atoms with van der Waals surface area (Å²) in [7, 11) is 0. The zero-order chi connectivity index (χ0) is 16.1. The molecule has 0 aromatic heterocycles. The molecule has 1 spiro atoms. The third kappa shape index (κ3) is 2.18. The maximum absolute atomic E-state index is 12.6. The highest BCUT2D eigenvalue weighted by molar-refractivity contribution is 6.08. The van der Waals surface area contributed by atoms with E-state index in [0.717, 1.165) is 25.5 Å². The van der Waals surface area contributed by atoms with Crippen molar-refractivity contribution in [2.24, 2.45) is 0 Å². The minimum absolute atomic E-state index is 0.0926. The maximum atomic E-state index is 12.6. The van der Waals surface area contributed by atoms with Crippen molar-refractivity contribution in [1.82, 2.24) is 0 Å². The predicted octanol–water partition coefficient (Wildman–Crippen LogP) is 1.71. The molecule has 0 amide bonds. The van der Waals surface area contributed by atoms with E-state index in [-0.39, 0.29) is 5.78 Å². The number of hydrogen-bond donors (Lipinski definition) is 1. The van der Waals surface area contributed by atoms with Crippen LogP contribution in [0.3, 0.4) is 0 Å². The Bertz CT molecular complexity index is 535. The summed E-state index contributed by atoms with van der Waals surface area (Å²) >= 11 is 0. The van der Waals surface area contributed by atoms with Gasteiger partial charge in [-0.1, -0.05) is 19.8 Å². The minimum Gasteiger partial charge on any atom is -0.390 e. The van der Waals surface area contributed by atoms with Gasteiger partial charge in [-0.05, 0) is 26.7 Å². The van der Waals surface area contributed by atoms with Crippen LogP contribution < -0.4 is 0 Å². The van der Waals surface area contributed by atoms with Gasteiger partial charge in [0.05, 0.1) is 11.7 Å². The number of epoxide rings is 1. The van der Waals surface area contributed by atoms with Crippen molar-refractivity contribution in [1.29, 1.82) is 0 Å². The van der Waals surface area contributed by atoms with Crippen molar-refractivity contribution in [3.05, 3.63) is 11.1 Å². The summed E-state index contributed by atoms with van der Waals surface area (Å²) in [6.07, 6.45) is 2.84. The van der Waals surface area contributed by atoms with Crippen LogP contribution in [0.15, 0.2) is 11.1 Å². The van der Waals surface area contributed by atoms with Gasteiger partial charge in [0.25, 0.3) is 0 Å². The van der Waals surface area contributed by atoms with Gasteiger partial charge < -0.3 is 14.6 Å². The Morgan fingerprint density at radius 1 is 1.27 bits per heavy atom. The van der Waals surface area contributed by atoms with Crippen LogP contribution in [0.2, 0.25) is 0 Å². The molecule has 2 saturated heterocycles. The number of hydrogen-bond acceptors (Lipinski definition) is 5. The number of aliphatic hydroxyl groups excluding tert-OH is 1. The van der Waals surface area contributed by atoms with Crippen LogP contribution in [0.1, 0.15) is 52.9 Å². The second-order valence-electron chi connectivity index (χ2n) is 7.15. The van der Waals surface area contributed by atoms with Gasteiger partial charge in [0.2, 0.25) is 0 Å². The smallest absolute Gasteiger partial charge is 0.191 e. The lowest BCUT2D eigenvalue weighted by atomic mass is 9.73. The van der Waals surface area contributed by atoms with Crippen LogP contribution in [0, 0.1) is 0 Å². The van der Waals surface area contributed by atoms with Crippen LogP contribution in [-0.4, -0.2) is 46.7 Å². The average molecular weight is 308 g/mol. The molecule has 0 aromatic carbocycles. The number of carbonyl (C=O) groups excluding carboxylic acids is 2. The highest BCUT2D eigenvalue weighted by atomic mass is 16.7. The van der Waals surface area contributed by atoms with E-state index < -0.39 is 29.5 Å². The molecule has 3 rings (SSSR count). The second-order valence-corrected chi connectivity index (χ2v) is 7.15. The van der Waals surface area contributed by atoms with Crippen molar-refractivity contribution >= 4 is 12.1 Å². The van der Waals surface area contributed by atoms with Gasteiger partial charge in [0.1, 0.15) is 18.0 Å². The van der Waals surface area contributed by atoms with Crippen molar-refractivity contribution < 1.29 is 24.2 Å². The van der Waals surface area contributed by atoms with Gasteiger partial charge in [0.15, 0.2) is 11.9 Å². The number of unbranched alkanes of at least 4 members (excludes halogenated alkanes) is 2. The number of rotatable bonds is 5. The molecule has 2 aliphatic heterocycles. The van der Waals surface area contributed by atoms with E-state index in [2.05, 4.69) is 6.92 Å². The van der Waals surface area contributed by atoms with Crippen molar-refractivity contribution in [3.63, 3.8) is 0 Å². The molecule has 22 heavy (non-hydrogen) atoms. The lowest BCUT2D eigenvalue weighted by molar-refractivity contribution is -0.188. The summed E-state index contributed by atoms with van der Waals surface area (Å²) < 4.78 is 11.7. The Balaban J connectivity index is 1.94. The summed E-state index contributed by atoms with van der Waals surface area (Å²) in [5, 5.41) is 10.2. The van der Waals surface area contributed by atoms with Gasteiger partial charge >= 0.3 is 0 Å². The quantitative estimate of drug-likeness (QED) is 0.475. The number of ether oxygens (including phenoxy) is 2. The predicted molar refractivity (Wildman–Crippen MR) is 79.4 cm³/mol. The Morgan fingerprint density at radius 2 is 2.00 bits per heavy atom. The number of ketones is 1. The number of Topliss-reactive ketones (excluding diaryl/α,β-unsaturated/α-hetero) is 1. The van der Waals surface area contributed by atoms with E-state index in [9.17, 15) is 14.7 Å². The lowest BCUT2D eigenvalue weighted by Crippen LogP contribution is -2.58. The SMILES string of the molecule is CCCCCC1=C(C=O)C2OC(C)(C)C(O)CC23OC3C1=O. The normalized spacial score (nSPS) is 39.3. The summed E-state index contributed by atoms with van der Waals surface area (Å²) in [5.74, 6) is -0.0926. The molecule has 0 radical (unpaired) electrons. The number of aldehydes is 1. The van der Waals surface area contributed by atoms with E-state index in [1.165, 1.54) is 0 Å². The molecule has 5 heteroatoms. The highest BCUT2D eigenvalue weighted by Gasteiger charge is 2.73. The first-order chi connectivity index (χ1) is 10.4. The third-order valence-corrected chi connectivity index (χ3v) is 5.23. The van der Waals surface area contributed by atoms with E-state index in [1.54, 1.807) is 13.8 Å². The molecule has 0 aromatic rings. The summed E-state index contributed by atoms with van der Waals surface area (Å²) in [5.41, 5.74) is -0.583. The highest BCUT2D eigenvalue weighted by Crippen LogP contribution is 2.56. The molecule has 4 unspecified atom stereocenters. The van der Waals surface area contributed by atoms with Gasteiger partial charge in [-0.25, -0.2) is 0 Å². The molecule has 1 aliphatic carbocycles. The largest absolute Gasteiger partial charge is 0.390 e.